The van der Waals surface area contributed by atoms with Gasteiger partial charge in [-0.2, -0.15) is 0 Å². The molecule has 2 saturated heterocycles. The molecule has 0 bridgehead atoms. The van der Waals surface area contributed by atoms with Crippen molar-refractivity contribution in [3.8, 4) is 5.75 Å². The van der Waals surface area contributed by atoms with E-state index in [4.69, 9.17) is 9.47 Å². The molecule has 9 heteroatoms. The Kier molecular flexibility index (Phi) is 7.59. The van der Waals surface area contributed by atoms with Crippen molar-refractivity contribution in [1.82, 2.24) is 24.8 Å². The van der Waals surface area contributed by atoms with Crippen molar-refractivity contribution in [2.45, 2.75) is 57.7 Å². The summed E-state index contributed by atoms with van der Waals surface area (Å²) in [6.07, 6.45) is 6.70. The van der Waals surface area contributed by atoms with Gasteiger partial charge in [-0.25, -0.2) is 9.48 Å². The van der Waals surface area contributed by atoms with Crippen molar-refractivity contribution in [2.24, 2.45) is 0 Å². The molecule has 2 fully saturated rings. The number of ether oxygens (including phenoxy) is 2. The minimum absolute atomic E-state index is 0.0592. The zero-order chi connectivity index (χ0) is 23.2. The molecule has 2 aliphatic rings. The third kappa shape index (κ3) is 5.35. The van der Waals surface area contributed by atoms with Crippen LogP contribution in [0.3, 0.4) is 0 Å². The lowest BCUT2D eigenvalue weighted by Crippen LogP contribution is -2.45. The maximum Gasteiger partial charge on any atom is 0.360 e. The third-order valence-corrected chi connectivity index (χ3v) is 6.51. The van der Waals surface area contributed by atoms with Crippen LogP contribution in [0.25, 0.3) is 0 Å². The Hall–Kier alpha value is -2.94. The normalized spacial score (nSPS) is 21.6. The lowest BCUT2D eigenvalue weighted by atomic mass is 10.1. The average molecular weight is 456 g/mol. The number of hydrogen-bond donors (Lipinski definition) is 0. The van der Waals surface area contributed by atoms with E-state index in [2.05, 4.69) is 21.3 Å². The van der Waals surface area contributed by atoms with Crippen LogP contribution in [0.1, 0.15) is 61.1 Å². The smallest absolute Gasteiger partial charge is 0.360 e. The van der Waals surface area contributed by atoms with Gasteiger partial charge >= 0.3 is 5.97 Å². The minimum atomic E-state index is -0.515. The lowest BCUT2D eigenvalue weighted by Gasteiger charge is -2.29. The second-order valence-corrected chi connectivity index (χ2v) is 8.69. The molecule has 0 saturated carbocycles. The van der Waals surface area contributed by atoms with Crippen LogP contribution in [-0.4, -0.2) is 76.1 Å². The van der Waals surface area contributed by atoms with Crippen LogP contribution >= 0.6 is 0 Å². The van der Waals surface area contributed by atoms with E-state index in [-0.39, 0.29) is 23.7 Å². The molecular formula is C24H33N5O4. The first-order valence-corrected chi connectivity index (χ1v) is 11.8. The highest BCUT2D eigenvalue weighted by Gasteiger charge is 2.40. The van der Waals surface area contributed by atoms with E-state index in [1.54, 1.807) is 10.9 Å². The fraction of sp³-hybridized carbons (Fsp3) is 0.583. The van der Waals surface area contributed by atoms with E-state index < -0.39 is 5.97 Å². The summed E-state index contributed by atoms with van der Waals surface area (Å²) in [7, 11) is 1.32. The number of esters is 1. The molecule has 1 amide bonds. The third-order valence-electron chi connectivity index (χ3n) is 6.51. The summed E-state index contributed by atoms with van der Waals surface area (Å²) in [6.45, 7) is 5.44. The quantitative estimate of drug-likeness (QED) is 0.593. The first-order chi connectivity index (χ1) is 16.1. The van der Waals surface area contributed by atoms with Gasteiger partial charge in [-0.15, -0.1) is 5.10 Å². The minimum Gasteiger partial charge on any atom is -0.494 e. The lowest BCUT2D eigenvalue weighted by molar-refractivity contribution is -0.136. The van der Waals surface area contributed by atoms with E-state index in [9.17, 15) is 9.59 Å². The maximum absolute atomic E-state index is 13.6. The van der Waals surface area contributed by atoms with Gasteiger partial charge < -0.3 is 14.4 Å². The van der Waals surface area contributed by atoms with Crippen molar-refractivity contribution < 1.29 is 19.1 Å². The number of likely N-dealkylation sites (tertiary alicyclic amines) is 2. The van der Waals surface area contributed by atoms with Crippen molar-refractivity contribution in [3.05, 3.63) is 41.7 Å². The molecule has 9 nitrogen and oxygen atoms in total. The molecule has 3 heterocycles. The van der Waals surface area contributed by atoms with Gasteiger partial charge in [0.05, 0.1) is 32.0 Å². The molecule has 0 unspecified atom stereocenters. The molecule has 2 aliphatic heterocycles. The van der Waals surface area contributed by atoms with E-state index >= 15 is 0 Å². The largest absolute Gasteiger partial charge is 0.494 e. The highest BCUT2D eigenvalue weighted by atomic mass is 16.5. The van der Waals surface area contributed by atoms with E-state index in [1.807, 2.05) is 30.0 Å². The first kappa shape index (κ1) is 23.2. The summed E-state index contributed by atoms with van der Waals surface area (Å²) in [4.78, 5) is 29.7. The van der Waals surface area contributed by atoms with E-state index in [0.717, 1.165) is 37.2 Å². The highest BCUT2D eigenvalue weighted by molar-refractivity contribution is 5.86. The summed E-state index contributed by atoms with van der Waals surface area (Å²) in [5.74, 6) is 0.513. The standard InChI is InChI=1S/C24H33N5O4/c1-3-33-22-11-7-6-10-18(22)15-28-16-19(29-17-20(25-26-29)24(31)32-2)14-21(28)23(30)27-12-8-4-5-9-13-27/h6-7,10-11,17,19,21H,3-5,8-9,12-16H2,1-2H3/t19-,21-/m0/s1. The number of amides is 1. The van der Waals surface area contributed by atoms with Crippen LogP contribution in [-0.2, 0) is 16.1 Å². The highest BCUT2D eigenvalue weighted by Crippen LogP contribution is 2.32. The molecule has 2 aromatic rings. The molecule has 0 spiro atoms. The Bertz CT molecular complexity index is 954. The van der Waals surface area contributed by atoms with Crippen LogP contribution < -0.4 is 4.74 Å². The molecule has 178 valence electrons. The molecule has 0 radical (unpaired) electrons. The predicted molar refractivity (Wildman–Crippen MR) is 122 cm³/mol. The van der Waals surface area contributed by atoms with Crippen molar-refractivity contribution in [1.29, 1.82) is 0 Å². The summed E-state index contributed by atoms with van der Waals surface area (Å²) < 4.78 is 12.3. The van der Waals surface area contributed by atoms with Gasteiger partial charge in [0.2, 0.25) is 5.91 Å². The number of rotatable bonds is 7. The number of hydrogen-bond acceptors (Lipinski definition) is 7. The number of methoxy groups -OCH3 is 1. The average Bonchev–Trinajstić information content (AvgIpc) is 3.39. The Morgan fingerprint density at radius 1 is 1.12 bits per heavy atom. The molecule has 33 heavy (non-hydrogen) atoms. The van der Waals surface area contributed by atoms with Gasteiger partial charge in [0.25, 0.3) is 0 Å². The molecule has 0 aliphatic carbocycles. The second kappa shape index (κ2) is 10.8. The topological polar surface area (TPSA) is 89.8 Å². The zero-order valence-corrected chi connectivity index (χ0v) is 19.5. The zero-order valence-electron chi connectivity index (χ0n) is 19.5. The van der Waals surface area contributed by atoms with E-state index in [1.165, 1.54) is 20.0 Å². The molecule has 4 rings (SSSR count). The molecular weight excluding hydrogens is 422 g/mol. The van der Waals surface area contributed by atoms with Crippen molar-refractivity contribution >= 4 is 11.9 Å². The van der Waals surface area contributed by atoms with Crippen molar-refractivity contribution in [3.63, 3.8) is 0 Å². The number of aromatic nitrogens is 3. The van der Waals surface area contributed by atoms with Crippen molar-refractivity contribution in [2.75, 3.05) is 33.4 Å². The van der Waals surface area contributed by atoms with Gasteiger partial charge in [-0.3, -0.25) is 9.69 Å². The number of carbonyl (C=O) groups is 2. The fourth-order valence-electron chi connectivity index (χ4n) is 4.81. The molecule has 1 aromatic heterocycles. The molecule has 0 N–H and O–H groups in total. The molecule has 1 aromatic carbocycles. The van der Waals surface area contributed by atoms with Crippen LogP contribution in [0.2, 0.25) is 0 Å². The Labute approximate surface area is 194 Å². The van der Waals surface area contributed by atoms with Crippen LogP contribution in [0.15, 0.2) is 30.5 Å². The number of carbonyl (C=O) groups excluding carboxylic acids is 2. The van der Waals surface area contributed by atoms with Gasteiger partial charge in [0, 0.05) is 31.7 Å². The Morgan fingerprint density at radius 3 is 2.61 bits per heavy atom. The second-order valence-electron chi connectivity index (χ2n) is 8.69. The summed E-state index contributed by atoms with van der Waals surface area (Å²) >= 11 is 0. The molecule has 2 atom stereocenters. The van der Waals surface area contributed by atoms with Gasteiger partial charge in [0.15, 0.2) is 5.69 Å². The van der Waals surface area contributed by atoms with Crippen LogP contribution in [0, 0.1) is 0 Å². The first-order valence-electron chi connectivity index (χ1n) is 11.8. The SMILES string of the molecule is CCOc1ccccc1CN1C[C@@H](n2cc(C(=O)OC)nn2)C[C@H]1C(=O)N1CCCCCC1. The Balaban J connectivity index is 1.57. The van der Waals surface area contributed by atoms with Gasteiger partial charge in [0.1, 0.15) is 5.75 Å². The maximum atomic E-state index is 13.6. The predicted octanol–water partition coefficient (Wildman–Crippen LogP) is 2.68. The fourth-order valence-corrected chi connectivity index (χ4v) is 4.81. The number of para-hydroxylation sites is 1. The van der Waals surface area contributed by atoms with Crippen LogP contribution in [0.4, 0.5) is 0 Å². The summed E-state index contributed by atoms with van der Waals surface area (Å²) in [6, 6.07) is 7.67. The van der Waals surface area contributed by atoms with E-state index in [0.29, 0.717) is 26.1 Å². The Morgan fingerprint density at radius 2 is 1.88 bits per heavy atom. The summed E-state index contributed by atoms with van der Waals surface area (Å²) in [5.41, 5.74) is 1.23. The number of nitrogens with zero attached hydrogens (tertiary/aromatic N) is 5. The van der Waals surface area contributed by atoms with Gasteiger partial charge in [-0.1, -0.05) is 36.3 Å². The van der Waals surface area contributed by atoms with Gasteiger partial charge in [-0.05, 0) is 32.3 Å². The monoisotopic (exact) mass is 455 g/mol. The summed E-state index contributed by atoms with van der Waals surface area (Å²) in [5, 5.41) is 8.12. The number of benzene rings is 1. The van der Waals surface area contributed by atoms with Crippen LogP contribution in [0.5, 0.6) is 5.75 Å².